The van der Waals surface area contributed by atoms with Gasteiger partial charge in [0.25, 0.3) is 0 Å². The fourth-order valence-electron chi connectivity index (χ4n) is 3.37. The second kappa shape index (κ2) is 6.08. The predicted octanol–water partition coefficient (Wildman–Crippen LogP) is 4.40. The van der Waals surface area contributed by atoms with Crippen molar-refractivity contribution in [2.45, 2.75) is 44.9 Å². The second-order valence-corrected chi connectivity index (χ2v) is 6.01. The van der Waals surface area contributed by atoms with Gasteiger partial charge in [0.15, 0.2) is 0 Å². The Morgan fingerprint density at radius 3 is 2.61 bits per heavy atom. The second-order valence-electron chi connectivity index (χ2n) is 5.60. The molecule has 0 aliphatic heterocycles. The Morgan fingerprint density at radius 1 is 1.28 bits per heavy atom. The molecule has 0 heterocycles. The molecule has 1 nitrogen and oxygen atoms in total. The summed E-state index contributed by atoms with van der Waals surface area (Å²) in [4.78, 5) is 0. The van der Waals surface area contributed by atoms with E-state index in [1.165, 1.54) is 31.2 Å². The molecule has 1 saturated carbocycles. The summed E-state index contributed by atoms with van der Waals surface area (Å²) in [5, 5.41) is 4.46. The van der Waals surface area contributed by atoms with E-state index in [4.69, 9.17) is 11.6 Å². The van der Waals surface area contributed by atoms with Gasteiger partial charge >= 0.3 is 0 Å². The van der Waals surface area contributed by atoms with Gasteiger partial charge in [0, 0.05) is 17.0 Å². The van der Waals surface area contributed by atoms with E-state index in [0.717, 1.165) is 24.0 Å². The summed E-state index contributed by atoms with van der Waals surface area (Å²) in [6, 6.07) is 8.37. The molecule has 0 spiro atoms. The van der Waals surface area contributed by atoms with Gasteiger partial charge in [-0.2, -0.15) is 0 Å². The quantitative estimate of drug-likeness (QED) is 0.804. The highest BCUT2D eigenvalue weighted by molar-refractivity contribution is 6.31. The summed E-state index contributed by atoms with van der Waals surface area (Å²) in [5.41, 5.74) is 1.63. The van der Waals surface area contributed by atoms with Crippen LogP contribution in [-0.4, -0.2) is 13.1 Å². The van der Waals surface area contributed by atoms with Crippen molar-refractivity contribution in [3.63, 3.8) is 0 Å². The van der Waals surface area contributed by atoms with Gasteiger partial charge in [-0.05, 0) is 36.9 Å². The average Bonchev–Trinajstić information content (AvgIpc) is 2.33. The Balaban J connectivity index is 2.15. The molecule has 1 aliphatic rings. The van der Waals surface area contributed by atoms with Crippen molar-refractivity contribution in [1.29, 1.82) is 0 Å². The number of hydrogen-bond acceptors (Lipinski definition) is 1. The minimum absolute atomic E-state index is 0.286. The Hall–Kier alpha value is -0.530. The Labute approximate surface area is 116 Å². The highest BCUT2D eigenvalue weighted by Crippen LogP contribution is 2.50. The van der Waals surface area contributed by atoms with Gasteiger partial charge < -0.3 is 5.32 Å². The standard InChI is InChI=1S/C16H24ClN/c1-3-7-13-10-16(11-13,12-18-4-2)14-8-5-6-9-15(14)17/h5-6,8-9,13,18H,3-4,7,10-12H2,1-2H3. The normalized spacial score (nSPS) is 26.9. The lowest BCUT2D eigenvalue weighted by Gasteiger charge is -2.49. The minimum atomic E-state index is 0.286. The van der Waals surface area contributed by atoms with E-state index in [-0.39, 0.29) is 5.41 Å². The zero-order valence-electron chi connectivity index (χ0n) is 11.5. The van der Waals surface area contributed by atoms with Gasteiger partial charge in [0.05, 0.1) is 0 Å². The van der Waals surface area contributed by atoms with Gasteiger partial charge in [-0.3, -0.25) is 0 Å². The zero-order chi connectivity index (χ0) is 13.0. The highest BCUT2D eigenvalue weighted by Gasteiger charge is 2.45. The summed E-state index contributed by atoms with van der Waals surface area (Å²) in [7, 11) is 0. The van der Waals surface area contributed by atoms with Crippen LogP contribution in [-0.2, 0) is 5.41 Å². The maximum absolute atomic E-state index is 6.40. The molecule has 0 amide bonds. The van der Waals surface area contributed by atoms with Gasteiger partial charge in [0.2, 0.25) is 0 Å². The summed E-state index contributed by atoms with van der Waals surface area (Å²) in [6.07, 6.45) is 5.23. The molecule has 100 valence electrons. The maximum atomic E-state index is 6.40. The average molecular weight is 266 g/mol. The number of nitrogens with one attached hydrogen (secondary N) is 1. The van der Waals surface area contributed by atoms with Crippen LogP contribution in [0.5, 0.6) is 0 Å². The molecule has 0 radical (unpaired) electrons. The van der Waals surface area contributed by atoms with E-state index in [0.29, 0.717) is 0 Å². The molecule has 1 aromatic rings. The topological polar surface area (TPSA) is 12.0 Å². The number of hydrogen-bond donors (Lipinski definition) is 1. The van der Waals surface area contributed by atoms with E-state index < -0.39 is 0 Å². The van der Waals surface area contributed by atoms with Crippen LogP contribution < -0.4 is 5.32 Å². The molecular weight excluding hydrogens is 242 g/mol. The molecule has 0 aromatic heterocycles. The molecule has 2 heteroatoms. The van der Waals surface area contributed by atoms with Crippen LogP contribution in [0.15, 0.2) is 24.3 Å². The first-order chi connectivity index (χ1) is 8.72. The summed E-state index contributed by atoms with van der Waals surface area (Å²) in [6.45, 7) is 6.54. The van der Waals surface area contributed by atoms with E-state index in [1.54, 1.807) is 0 Å². The molecule has 0 bridgehead atoms. The van der Waals surface area contributed by atoms with Crippen molar-refractivity contribution >= 4 is 11.6 Å². The van der Waals surface area contributed by atoms with Gasteiger partial charge in [-0.1, -0.05) is 56.5 Å². The molecule has 2 rings (SSSR count). The third-order valence-corrected chi connectivity index (χ3v) is 4.54. The molecule has 0 unspecified atom stereocenters. The van der Waals surface area contributed by atoms with Crippen molar-refractivity contribution in [3.05, 3.63) is 34.9 Å². The molecule has 1 fully saturated rings. The third kappa shape index (κ3) is 2.73. The maximum Gasteiger partial charge on any atom is 0.0444 e. The zero-order valence-corrected chi connectivity index (χ0v) is 12.3. The molecule has 1 aliphatic carbocycles. The largest absolute Gasteiger partial charge is 0.316 e. The molecule has 18 heavy (non-hydrogen) atoms. The van der Waals surface area contributed by atoms with Crippen molar-refractivity contribution in [2.75, 3.05) is 13.1 Å². The molecular formula is C16H24ClN. The smallest absolute Gasteiger partial charge is 0.0444 e. The summed E-state index contributed by atoms with van der Waals surface area (Å²) >= 11 is 6.40. The number of rotatable bonds is 6. The van der Waals surface area contributed by atoms with Crippen molar-refractivity contribution in [3.8, 4) is 0 Å². The van der Waals surface area contributed by atoms with Crippen molar-refractivity contribution in [2.24, 2.45) is 5.92 Å². The predicted molar refractivity (Wildman–Crippen MR) is 79.3 cm³/mol. The van der Waals surface area contributed by atoms with Crippen LogP contribution in [0.1, 0.15) is 45.1 Å². The fourth-order valence-corrected chi connectivity index (χ4v) is 3.71. The van der Waals surface area contributed by atoms with Crippen LogP contribution in [0.3, 0.4) is 0 Å². The Morgan fingerprint density at radius 2 is 2.00 bits per heavy atom. The van der Waals surface area contributed by atoms with Gasteiger partial charge in [-0.15, -0.1) is 0 Å². The number of halogens is 1. The number of likely N-dealkylation sites (N-methyl/N-ethyl adjacent to an activating group) is 1. The van der Waals surface area contributed by atoms with E-state index in [1.807, 2.05) is 12.1 Å². The van der Waals surface area contributed by atoms with Crippen LogP contribution >= 0.6 is 11.6 Å². The number of benzene rings is 1. The van der Waals surface area contributed by atoms with E-state index in [2.05, 4.69) is 31.3 Å². The first-order valence-corrected chi connectivity index (χ1v) is 7.55. The SMILES string of the molecule is CCCC1CC(CNCC)(c2ccccc2Cl)C1. The third-order valence-electron chi connectivity index (χ3n) is 4.21. The van der Waals surface area contributed by atoms with Crippen molar-refractivity contribution < 1.29 is 0 Å². The van der Waals surface area contributed by atoms with E-state index in [9.17, 15) is 0 Å². The lowest BCUT2D eigenvalue weighted by molar-refractivity contribution is 0.129. The van der Waals surface area contributed by atoms with Crippen LogP contribution in [0.25, 0.3) is 0 Å². The molecule has 0 atom stereocenters. The van der Waals surface area contributed by atoms with Crippen LogP contribution in [0, 0.1) is 5.92 Å². The Kier molecular flexibility index (Phi) is 4.69. The lowest BCUT2D eigenvalue weighted by Crippen LogP contribution is -2.48. The molecule has 1 N–H and O–H groups in total. The molecule has 0 saturated heterocycles. The fraction of sp³-hybridized carbons (Fsp3) is 0.625. The summed E-state index contributed by atoms with van der Waals surface area (Å²) < 4.78 is 0. The van der Waals surface area contributed by atoms with Crippen LogP contribution in [0.4, 0.5) is 0 Å². The monoisotopic (exact) mass is 265 g/mol. The minimum Gasteiger partial charge on any atom is -0.316 e. The van der Waals surface area contributed by atoms with Gasteiger partial charge in [-0.25, -0.2) is 0 Å². The van der Waals surface area contributed by atoms with Crippen molar-refractivity contribution in [1.82, 2.24) is 5.32 Å². The Bertz CT molecular complexity index is 382. The first kappa shape index (κ1) is 13.9. The molecule has 1 aromatic carbocycles. The van der Waals surface area contributed by atoms with E-state index >= 15 is 0 Å². The highest BCUT2D eigenvalue weighted by atomic mass is 35.5. The van der Waals surface area contributed by atoms with Crippen LogP contribution in [0.2, 0.25) is 5.02 Å². The summed E-state index contributed by atoms with van der Waals surface area (Å²) in [5.74, 6) is 0.893. The lowest BCUT2D eigenvalue weighted by atomic mass is 9.57. The van der Waals surface area contributed by atoms with Gasteiger partial charge in [0.1, 0.15) is 0 Å². The first-order valence-electron chi connectivity index (χ1n) is 7.17.